The van der Waals surface area contributed by atoms with Gasteiger partial charge in [-0.15, -0.1) is 0 Å². The minimum Gasteiger partial charge on any atom is -0.299 e. The fraction of sp³-hybridized carbons (Fsp3) is 0.500. The summed E-state index contributed by atoms with van der Waals surface area (Å²) in [6.07, 6.45) is 2.88. The molecule has 0 radical (unpaired) electrons. The molecule has 1 aromatic carbocycles. The molecule has 0 amide bonds. The van der Waals surface area contributed by atoms with Crippen LogP contribution in [-0.2, 0) is 14.6 Å². The molecule has 2 aliphatic rings. The van der Waals surface area contributed by atoms with E-state index < -0.39 is 0 Å². The highest BCUT2D eigenvalue weighted by Gasteiger charge is 2.45. The number of ketones is 2. The molecule has 4 nitrogen and oxygen atoms in total. The highest BCUT2D eigenvalue weighted by atomic mass is 17.2. The predicted octanol–water partition coefficient (Wildman–Crippen LogP) is 2.72. The first-order chi connectivity index (χ1) is 9.69. The highest BCUT2D eigenvalue weighted by molar-refractivity contribution is 5.99. The standard InChI is InChI=1S/C16H18O4/c17-14-6-7-16(8-9-19-20-16)11-13(14)10-15(18)12-4-2-1-3-5-12/h1-5,13H,6-11H2. The van der Waals surface area contributed by atoms with Crippen LogP contribution in [0.5, 0.6) is 0 Å². The van der Waals surface area contributed by atoms with Gasteiger partial charge in [0.05, 0.1) is 6.61 Å². The van der Waals surface area contributed by atoms with Gasteiger partial charge >= 0.3 is 0 Å². The van der Waals surface area contributed by atoms with Crippen molar-refractivity contribution in [3.63, 3.8) is 0 Å². The van der Waals surface area contributed by atoms with Crippen LogP contribution in [0, 0.1) is 5.92 Å². The quantitative estimate of drug-likeness (QED) is 0.628. The van der Waals surface area contributed by atoms with Crippen LogP contribution < -0.4 is 0 Å². The Kier molecular flexibility index (Phi) is 3.68. The molecule has 106 valence electrons. The summed E-state index contributed by atoms with van der Waals surface area (Å²) in [5.41, 5.74) is 0.332. The Balaban J connectivity index is 1.69. The molecular weight excluding hydrogens is 256 g/mol. The SMILES string of the molecule is O=C(CC1CC2(CCOO2)CCC1=O)c1ccccc1. The maximum absolute atomic E-state index is 12.2. The van der Waals surface area contributed by atoms with Gasteiger partial charge in [-0.2, -0.15) is 0 Å². The summed E-state index contributed by atoms with van der Waals surface area (Å²) in [5.74, 6) is -0.0338. The molecule has 4 heteroatoms. The van der Waals surface area contributed by atoms with Crippen LogP contribution in [0.25, 0.3) is 0 Å². The maximum atomic E-state index is 12.2. The number of rotatable bonds is 3. The maximum Gasteiger partial charge on any atom is 0.163 e. The van der Waals surface area contributed by atoms with E-state index in [1.54, 1.807) is 12.1 Å². The third-order valence-electron chi connectivity index (χ3n) is 4.31. The summed E-state index contributed by atoms with van der Waals surface area (Å²) in [6.45, 7) is 0.577. The molecule has 2 fully saturated rings. The van der Waals surface area contributed by atoms with E-state index in [9.17, 15) is 9.59 Å². The normalized spacial score (nSPS) is 29.8. The molecular formula is C16H18O4. The third kappa shape index (κ3) is 2.67. The Hall–Kier alpha value is -1.52. The van der Waals surface area contributed by atoms with E-state index in [4.69, 9.17) is 9.78 Å². The zero-order valence-corrected chi connectivity index (χ0v) is 11.3. The molecule has 2 atom stereocenters. The van der Waals surface area contributed by atoms with E-state index >= 15 is 0 Å². The van der Waals surface area contributed by atoms with E-state index in [1.165, 1.54) is 0 Å². The minimum absolute atomic E-state index is 0.0277. The van der Waals surface area contributed by atoms with Crippen molar-refractivity contribution in [1.29, 1.82) is 0 Å². The van der Waals surface area contributed by atoms with Gasteiger partial charge in [-0.3, -0.25) is 9.59 Å². The largest absolute Gasteiger partial charge is 0.299 e. The summed E-state index contributed by atoms with van der Waals surface area (Å²) < 4.78 is 0. The molecule has 1 aromatic rings. The second-order valence-electron chi connectivity index (χ2n) is 5.70. The molecule has 1 saturated carbocycles. The fourth-order valence-electron chi connectivity index (χ4n) is 3.11. The lowest BCUT2D eigenvalue weighted by Crippen LogP contribution is -2.39. The van der Waals surface area contributed by atoms with Crippen molar-refractivity contribution in [1.82, 2.24) is 0 Å². The van der Waals surface area contributed by atoms with Crippen LogP contribution >= 0.6 is 0 Å². The Labute approximate surface area is 118 Å². The van der Waals surface area contributed by atoms with Gasteiger partial charge in [-0.25, -0.2) is 9.78 Å². The van der Waals surface area contributed by atoms with Gasteiger partial charge in [0, 0.05) is 30.7 Å². The van der Waals surface area contributed by atoms with Gasteiger partial charge in [0.2, 0.25) is 0 Å². The number of carbonyl (C=O) groups excluding carboxylic acids is 2. The van der Waals surface area contributed by atoms with Crippen molar-refractivity contribution in [2.45, 2.75) is 37.7 Å². The van der Waals surface area contributed by atoms with E-state index in [0.29, 0.717) is 31.4 Å². The molecule has 1 saturated heterocycles. The van der Waals surface area contributed by atoms with Gasteiger partial charge in [-0.1, -0.05) is 30.3 Å². The highest BCUT2D eigenvalue weighted by Crippen LogP contribution is 2.40. The van der Waals surface area contributed by atoms with Crippen LogP contribution in [0.15, 0.2) is 30.3 Å². The lowest BCUT2D eigenvalue weighted by atomic mass is 9.74. The summed E-state index contributed by atoms with van der Waals surface area (Å²) >= 11 is 0. The lowest BCUT2D eigenvalue weighted by Gasteiger charge is -2.34. The molecule has 0 bridgehead atoms. The van der Waals surface area contributed by atoms with E-state index in [0.717, 1.165) is 6.42 Å². The summed E-state index contributed by atoms with van der Waals surface area (Å²) in [7, 11) is 0. The first-order valence-electron chi connectivity index (χ1n) is 7.10. The number of hydrogen-bond acceptors (Lipinski definition) is 4. The van der Waals surface area contributed by atoms with Gasteiger partial charge in [-0.05, 0) is 12.8 Å². The van der Waals surface area contributed by atoms with Crippen molar-refractivity contribution in [2.24, 2.45) is 5.92 Å². The molecule has 0 N–H and O–H groups in total. The smallest absolute Gasteiger partial charge is 0.163 e. The average molecular weight is 274 g/mol. The first kappa shape index (κ1) is 13.5. The van der Waals surface area contributed by atoms with Crippen molar-refractivity contribution in [2.75, 3.05) is 6.61 Å². The Morgan fingerprint density at radius 2 is 2.05 bits per heavy atom. The zero-order valence-electron chi connectivity index (χ0n) is 11.3. The van der Waals surface area contributed by atoms with Crippen LogP contribution in [-0.4, -0.2) is 23.8 Å². The first-order valence-corrected chi connectivity index (χ1v) is 7.10. The summed E-state index contributed by atoms with van der Waals surface area (Å²) in [4.78, 5) is 34.7. The van der Waals surface area contributed by atoms with Gasteiger partial charge < -0.3 is 0 Å². The summed E-state index contributed by atoms with van der Waals surface area (Å²) in [6, 6.07) is 9.14. The van der Waals surface area contributed by atoms with E-state index in [-0.39, 0.29) is 29.5 Å². The predicted molar refractivity (Wildman–Crippen MR) is 72.1 cm³/mol. The monoisotopic (exact) mass is 274 g/mol. The summed E-state index contributed by atoms with van der Waals surface area (Å²) in [5, 5.41) is 0. The van der Waals surface area contributed by atoms with Crippen LogP contribution in [0.3, 0.4) is 0 Å². The van der Waals surface area contributed by atoms with E-state index in [1.807, 2.05) is 18.2 Å². The van der Waals surface area contributed by atoms with E-state index in [2.05, 4.69) is 0 Å². The van der Waals surface area contributed by atoms with Crippen molar-refractivity contribution < 1.29 is 19.4 Å². The molecule has 2 unspecified atom stereocenters. The molecule has 1 aliphatic heterocycles. The van der Waals surface area contributed by atoms with Crippen molar-refractivity contribution in [3.8, 4) is 0 Å². The molecule has 1 aliphatic carbocycles. The second kappa shape index (κ2) is 5.46. The van der Waals surface area contributed by atoms with Crippen LogP contribution in [0.4, 0.5) is 0 Å². The Bertz CT molecular complexity index is 502. The topological polar surface area (TPSA) is 52.6 Å². The molecule has 0 aromatic heterocycles. The average Bonchev–Trinajstić information content (AvgIpc) is 2.92. The van der Waals surface area contributed by atoms with Crippen molar-refractivity contribution in [3.05, 3.63) is 35.9 Å². The van der Waals surface area contributed by atoms with Crippen LogP contribution in [0.2, 0.25) is 0 Å². The second-order valence-corrected chi connectivity index (χ2v) is 5.70. The van der Waals surface area contributed by atoms with Crippen LogP contribution in [0.1, 0.15) is 42.5 Å². The molecule has 3 rings (SSSR count). The number of benzene rings is 1. The van der Waals surface area contributed by atoms with Crippen molar-refractivity contribution >= 4 is 11.6 Å². The van der Waals surface area contributed by atoms with Gasteiger partial charge in [0.1, 0.15) is 11.4 Å². The van der Waals surface area contributed by atoms with Gasteiger partial charge in [0.15, 0.2) is 5.78 Å². The van der Waals surface area contributed by atoms with Gasteiger partial charge in [0.25, 0.3) is 0 Å². The zero-order chi connectivity index (χ0) is 14.0. The number of Topliss-reactive ketones (excluding diaryl/α,β-unsaturated/α-hetero) is 2. The Morgan fingerprint density at radius 3 is 2.75 bits per heavy atom. The number of carbonyl (C=O) groups is 2. The third-order valence-corrected chi connectivity index (χ3v) is 4.31. The molecule has 20 heavy (non-hydrogen) atoms. The Morgan fingerprint density at radius 1 is 1.25 bits per heavy atom. The number of hydrogen-bond donors (Lipinski definition) is 0. The fourth-order valence-corrected chi connectivity index (χ4v) is 3.11. The molecule has 1 spiro atoms. The molecule has 1 heterocycles. The minimum atomic E-state index is -0.338. The lowest BCUT2D eigenvalue weighted by molar-refractivity contribution is -0.315.